The molecule has 1 aliphatic carbocycles. The summed E-state index contributed by atoms with van der Waals surface area (Å²) in [6.45, 7) is 0.515. The standard InChI is InChI=1S/C11H18N4O2/c16-11(15-9-4-2-1-3-5-9)12-7-6-10-13-8-14-17-10/h8-9H,1-7H2,(H2,12,15,16). The second-order valence-corrected chi connectivity index (χ2v) is 4.32. The fraction of sp³-hybridized carbons (Fsp3) is 0.727. The predicted octanol–water partition coefficient (Wildman–Crippen LogP) is 1.24. The molecule has 2 amide bonds. The van der Waals surface area contributed by atoms with Gasteiger partial charge >= 0.3 is 6.03 Å². The maximum atomic E-state index is 11.6. The Morgan fingerprint density at radius 3 is 2.94 bits per heavy atom. The summed E-state index contributed by atoms with van der Waals surface area (Å²) >= 11 is 0. The molecule has 1 saturated carbocycles. The molecule has 1 aliphatic rings. The quantitative estimate of drug-likeness (QED) is 0.827. The Morgan fingerprint density at radius 1 is 1.41 bits per heavy atom. The minimum absolute atomic E-state index is 0.101. The van der Waals surface area contributed by atoms with Crippen molar-refractivity contribution in [1.82, 2.24) is 20.8 Å². The molecule has 0 unspecified atom stereocenters. The van der Waals surface area contributed by atoms with Crippen molar-refractivity contribution < 1.29 is 9.32 Å². The Hall–Kier alpha value is -1.59. The van der Waals surface area contributed by atoms with Gasteiger partial charge < -0.3 is 15.2 Å². The van der Waals surface area contributed by atoms with Gasteiger partial charge in [0.05, 0.1) is 0 Å². The van der Waals surface area contributed by atoms with E-state index in [-0.39, 0.29) is 6.03 Å². The van der Waals surface area contributed by atoms with Crippen molar-refractivity contribution >= 4 is 6.03 Å². The lowest BCUT2D eigenvalue weighted by atomic mass is 9.96. The van der Waals surface area contributed by atoms with Gasteiger partial charge in [-0.25, -0.2) is 4.79 Å². The summed E-state index contributed by atoms with van der Waals surface area (Å²) in [4.78, 5) is 15.4. The highest BCUT2D eigenvalue weighted by molar-refractivity contribution is 5.74. The van der Waals surface area contributed by atoms with Crippen molar-refractivity contribution in [3.05, 3.63) is 12.2 Å². The van der Waals surface area contributed by atoms with Crippen LogP contribution in [0.15, 0.2) is 10.9 Å². The van der Waals surface area contributed by atoms with Crippen molar-refractivity contribution in [2.24, 2.45) is 0 Å². The van der Waals surface area contributed by atoms with Crippen LogP contribution in [0.2, 0.25) is 0 Å². The second-order valence-electron chi connectivity index (χ2n) is 4.32. The summed E-state index contributed by atoms with van der Waals surface area (Å²) in [6.07, 6.45) is 7.83. The molecule has 2 rings (SSSR count). The zero-order valence-corrected chi connectivity index (χ0v) is 9.82. The van der Waals surface area contributed by atoms with Crippen molar-refractivity contribution in [3.8, 4) is 0 Å². The molecule has 0 radical (unpaired) electrons. The molecule has 2 N–H and O–H groups in total. The third kappa shape index (κ3) is 4.05. The van der Waals surface area contributed by atoms with Gasteiger partial charge in [-0.2, -0.15) is 4.98 Å². The molecular weight excluding hydrogens is 220 g/mol. The van der Waals surface area contributed by atoms with Gasteiger partial charge in [0, 0.05) is 19.0 Å². The lowest BCUT2D eigenvalue weighted by Gasteiger charge is -2.22. The van der Waals surface area contributed by atoms with Gasteiger partial charge in [-0.15, -0.1) is 0 Å². The first-order valence-electron chi connectivity index (χ1n) is 6.14. The van der Waals surface area contributed by atoms with Gasteiger partial charge in [0.2, 0.25) is 5.89 Å². The van der Waals surface area contributed by atoms with Crippen LogP contribution < -0.4 is 10.6 Å². The van der Waals surface area contributed by atoms with Crippen LogP contribution in [0.25, 0.3) is 0 Å². The Morgan fingerprint density at radius 2 is 2.24 bits per heavy atom. The highest BCUT2D eigenvalue weighted by atomic mass is 16.5. The van der Waals surface area contributed by atoms with Crippen LogP contribution >= 0.6 is 0 Å². The van der Waals surface area contributed by atoms with Crippen LogP contribution in [0.5, 0.6) is 0 Å². The second kappa shape index (κ2) is 6.22. The highest BCUT2D eigenvalue weighted by Crippen LogP contribution is 2.16. The van der Waals surface area contributed by atoms with Crippen LogP contribution in [0.3, 0.4) is 0 Å². The molecule has 0 spiro atoms. The zero-order chi connectivity index (χ0) is 11.9. The van der Waals surface area contributed by atoms with Gasteiger partial charge in [-0.1, -0.05) is 24.4 Å². The Bertz CT molecular complexity index is 333. The molecule has 94 valence electrons. The van der Waals surface area contributed by atoms with E-state index < -0.39 is 0 Å². The van der Waals surface area contributed by atoms with E-state index in [1.807, 2.05) is 0 Å². The number of urea groups is 1. The van der Waals surface area contributed by atoms with Gasteiger partial charge in [0.1, 0.15) is 0 Å². The number of nitrogens with one attached hydrogen (secondary N) is 2. The van der Waals surface area contributed by atoms with E-state index in [0.29, 0.717) is 24.9 Å². The van der Waals surface area contributed by atoms with Crippen molar-refractivity contribution in [2.75, 3.05) is 6.54 Å². The summed E-state index contributed by atoms with van der Waals surface area (Å²) in [5.41, 5.74) is 0. The largest absolute Gasteiger partial charge is 0.340 e. The predicted molar refractivity (Wildman–Crippen MR) is 61.4 cm³/mol. The average Bonchev–Trinajstić information content (AvgIpc) is 2.83. The third-order valence-electron chi connectivity index (χ3n) is 2.97. The van der Waals surface area contributed by atoms with E-state index in [1.54, 1.807) is 0 Å². The highest BCUT2D eigenvalue weighted by Gasteiger charge is 2.15. The molecule has 1 aromatic heterocycles. The molecule has 0 saturated heterocycles. The van der Waals surface area contributed by atoms with Gasteiger partial charge in [0.15, 0.2) is 6.33 Å². The SMILES string of the molecule is O=C(NCCc1ncno1)NC1CCCCC1. The summed E-state index contributed by atoms with van der Waals surface area (Å²) in [7, 11) is 0. The molecule has 1 fully saturated rings. The van der Waals surface area contributed by atoms with Crippen LogP contribution in [0.4, 0.5) is 4.79 Å². The summed E-state index contributed by atoms with van der Waals surface area (Å²) in [5, 5.41) is 9.27. The smallest absolute Gasteiger partial charge is 0.315 e. The van der Waals surface area contributed by atoms with E-state index in [1.165, 1.54) is 25.6 Å². The first-order valence-corrected chi connectivity index (χ1v) is 6.14. The maximum absolute atomic E-state index is 11.6. The molecule has 6 nitrogen and oxygen atoms in total. The molecule has 17 heavy (non-hydrogen) atoms. The van der Waals surface area contributed by atoms with Crippen LogP contribution in [-0.2, 0) is 6.42 Å². The van der Waals surface area contributed by atoms with E-state index in [9.17, 15) is 4.79 Å². The number of nitrogens with zero attached hydrogens (tertiary/aromatic N) is 2. The number of rotatable bonds is 4. The maximum Gasteiger partial charge on any atom is 0.315 e. The number of carbonyl (C=O) groups is 1. The number of aromatic nitrogens is 2. The summed E-state index contributed by atoms with van der Waals surface area (Å²) in [6, 6.07) is 0.239. The average molecular weight is 238 g/mol. The summed E-state index contributed by atoms with van der Waals surface area (Å²) in [5.74, 6) is 0.544. The number of hydrogen-bond acceptors (Lipinski definition) is 4. The number of amides is 2. The lowest BCUT2D eigenvalue weighted by Crippen LogP contribution is -2.43. The number of carbonyl (C=O) groups excluding carboxylic acids is 1. The molecule has 0 bridgehead atoms. The molecule has 1 aromatic rings. The van der Waals surface area contributed by atoms with Gasteiger partial charge in [-0.3, -0.25) is 0 Å². The van der Waals surface area contributed by atoms with Crippen LogP contribution in [0.1, 0.15) is 38.0 Å². The van der Waals surface area contributed by atoms with E-state index >= 15 is 0 Å². The Labute approximate surface area is 100 Å². The molecule has 0 aromatic carbocycles. The monoisotopic (exact) mass is 238 g/mol. The lowest BCUT2D eigenvalue weighted by molar-refractivity contribution is 0.232. The summed E-state index contributed by atoms with van der Waals surface area (Å²) < 4.78 is 4.83. The van der Waals surface area contributed by atoms with Crippen molar-refractivity contribution in [1.29, 1.82) is 0 Å². The Balaban J connectivity index is 1.60. The van der Waals surface area contributed by atoms with E-state index in [2.05, 4.69) is 20.8 Å². The molecular formula is C11H18N4O2. The minimum Gasteiger partial charge on any atom is -0.340 e. The normalized spacial score (nSPS) is 16.7. The first kappa shape index (κ1) is 11.9. The van der Waals surface area contributed by atoms with Crippen molar-refractivity contribution in [2.45, 2.75) is 44.6 Å². The topological polar surface area (TPSA) is 80.1 Å². The zero-order valence-electron chi connectivity index (χ0n) is 9.82. The molecule has 0 atom stereocenters. The van der Waals surface area contributed by atoms with E-state index in [0.717, 1.165) is 12.8 Å². The molecule has 1 heterocycles. The molecule has 6 heteroatoms. The van der Waals surface area contributed by atoms with Gasteiger partial charge in [0.25, 0.3) is 0 Å². The van der Waals surface area contributed by atoms with Gasteiger partial charge in [-0.05, 0) is 12.8 Å². The van der Waals surface area contributed by atoms with Crippen molar-refractivity contribution in [3.63, 3.8) is 0 Å². The molecule has 0 aliphatic heterocycles. The number of hydrogen-bond donors (Lipinski definition) is 2. The first-order chi connectivity index (χ1) is 8.34. The van der Waals surface area contributed by atoms with Crippen LogP contribution in [-0.4, -0.2) is 28.8 Å². The van der Waals surface area contributed by atoms with E-state index in [4.69, 9.17) is 4.52 Å². The minimum atomic E-state index is -0.101. The van der Waals surface area contributed by atoms with Crippen LogP contribution in [0, 0.1) is 0 Å². The third-order valence-corrected chi connectivity index (χ3v) is 2.97. The fourth-order valence-corrected chi connectivity index (χ4v) is 2.07. The Kier molecular flexibility index (Phi) is 4.35. The fourth-order valence-electron chi connectivity index (χ4n) is 2.07.